The zero-order chi connectivity index (χ0) is 10.6. The molecule has 0 heterocycles. The highest BCUT2D eigenvalue weighted by Crippen LogP contribution is 2.20. The van der Waals surface area contributed by atoms with Crippen LogP contribution in [0.25, 0.3) is 0 Å². The van der Waals surface area contributed by atoms with Gasteiger partial charge in [0.2, 0.25) is 5.24 Å². The standard InChI is InChI=1S/C10H10ClIO2/c1-14-8-3-4-9(12)7(6-8)2-5-10(11)13/h3-4,6H,2,5H2,1H3. The van der Waals surface area contributed by atoms with Crippen molar-refractivity contribution >= 4 is 39.4 Å². The van der Waals surface area contributed by atoms with Crippen LogP contribution in [0.15, 0.2) is 18.2 Å². The minimum atomic E-state index is -0.302. The van der Waals surface area contributed by atoms with Crippen molar-refractivity contribution in [2.75, 3.05) is 7.11 Å². The van der Waals surface area contributed by atoms with E-state index in [0.717, 1.165) is 14.9 Å². The molecule has 0 aliphatic carbocycles. The van der Waals surface area contributed by atoms with Gasteiger partial charge in [0.1, 0.15) is 5.75 Å². The number of carbonyl (C=O) groups excluding carboxylic acids is 1. The first-order chi connectivity index (χ1) is 6.63. The fraction of sp³-hybridized carbons (Fsp3) is 0.300. The van der Waals surface area contributed by atoms with Crippen molar-refractivity contribution in [3.8, 4) is 5.75 Å². The Morgan fingerprint density at radius 1 is 1.57 bits per heavy atom. The number of methoxy groups -OCH3 is 1. The molecule has 0 unspecified atom stereocenters. The van der Waals surface area contributed by atoms with Crippen LogP contribution < -0.4 is 4.74 Å². The molecule has 1 rings (SSSR count). The maximum absolute atomic E-state index is 10.6. The average molecular weight is 325 g/mol. The van der Waals surface area contributed by atoms with E-state index in [1.54, 1.807) is 7.11 Å². The average Bonchev–Trinajstić information content (AvgIpc) is 2.16. The summed E-state index contributed by atoms with van der Waals surface area (Å²) in [5, 5.41) is -0.302. The lowest BCUT2D eigenvalue weighted by atomic mass is 10.1. The van der Waals surface area contributed by atoms with Crippen LogP contribution in [0.2, 0.25) is 0 Å². The van der Waals surface area contributed by atoms with Crippen molar-refractivity contribution in [3.63, 3.8) is 0 Å². The largest absolute Gasteiger partial charge is 0.497 e. The molecule has 0 aliphatic heterocycles. The lowest BCUT2D eigenvalue weighted by Gasteiger charge is -2.05. The normalized spacial score (nSPS) is 9.93. The predicted octanol–water partition coefficient (Wildman–Crippen LogP) is 3.00. The van der Waals surface area contributed by atoms with E-state index in [2.05, 4.69) is 22.6 Å². The Balaban J connectivity index is 2.78. The summed E-state index contributed by atoms with van der Waals surface area (Å²) in [7, 11) is 1.62. The Kier molecular flexibility index (Phi) is 4.68. The summed E-state index contributed by atoms with van der Waals surface area (Å²) in [5.41, 5.74) is 1.10. The van der Waals surface area contributed by atoms with Gasteiger partial charge >= 0.3 is 0 Å². The Hall–Kier alpha value is -0.290. The van der Waals surface area contributed by atoms with E-state index in [1.807, 2.05) is 18.2 Å². The molecule has 0 radical (unpaired) electrons. The Labute approximate surface area is 102 Å². The van der Waals surface area contributed by atoms with Crippen molar-refractivity contribution in [1.29, 1.82) is 0 Å². The second kappa shape index (κ2) is 5.56. The molecule has 0 spiro atoms. The molecule has 0 N–H and O–H groups in total. The van der Waals surface area contributed by atoms with Crippen LogP contribution >= 0.6 is 34.2 Å². The molecule has 0 aromatic heterocycles. The van der Waals surface area contributed by atoms with Gasteiger partial charge in [-0.15, -0.1) is 0 Å². The molecule has 0 bridgehead atoms. The molecule has 0 atom stereocenters. The monoisotopic (exact) mass is 324 g/mol. The van der Waals surface area contributed by atoms with E-state index in [0.29, 0.717) is 12.8 Å². The van der Waals surface area contributed by atoms with Crippen LogP contribution in [0.1, 0.15) is 12.0 Å². The van der Waals surface area contributed by atoms with Crippen molar-refractivity contribution in [1.82, 2.24) is 0 Å². The topological polar surface area (TPSA) is 26.3 Å². The highest BCUT2D eigenvalue weighted by molar-refractivity contribution is 14.1. The molecule has 1 aromatic carbocycles. The van der Waals surface area contributed by atoms with Gasteiger partial charge in [0.25, 0.3) is 0 Å². The van der Waals surface area contributed by atoms with Gasteiger partial charge in [0.15, 0.2) is 0 Å². The smallest absolute Gasteiger partial charge is 0.221 e. The zero-order valence-electron chi connectivity index (χ0n) is 7.72. The van der Waals surface area contributed by atoms with Crippen LogP contribution in [-0.4, -0.2) is 12.4 Å². The van der Waals surface area contributed by atoms with E-state index in [4.69, 9.17) is 16.3 Å². The number of hydrogen-bond donors (Lipinski definition) is 0. The summed E-state index contributed by atoms with van der Waals surface area (Å²) >= 11 is 7.51. The van der Waals surface area contributed by atoms with Crippen LogP contribution in [0.3, 0.4) is 0 Å². The van der Waals surface area contributed by atoms with Gasteiger partial charge in [0.05, 0.1) is 7.11 Å². The van der Waals surface area contributed by atoms with E-state index in [1.165, 1.54) is 0 Å². The van der Waals surface area contributed by atoms with Gasteiger partial charge in [-0.2, -0.15) is 0 Å². The van der Waals surface area contributed by atoms with Gasteiger partial charge in [-0.05, 0) is 64.4 Å². The number of carbonyl (C=O) groups is 1. The molecule has 2 nitrogen and oxygen atoms in total. The van der Waals surface area contributed by atoms with E-state index >= 15 is 0 Å². The molecular formula is C10H10ClIO2. The second-order valence-corrected chi connectivity index (χ2v) is 4.40. The Morgan fingerprint density at radius 2 is 2.29 bits per heavy atom. The van der Waals surface area contributed by atoms with E-state index in [-0.39, 0.29) is 5.24 Å². The first kappa shape index (κ1) is 11.8. The van der Waals surface area contributed by atoms with Gasteiger partial charge in [0, 0.05) is 9.99 Å². The van der Waals surface area contributed by atoms with Crippen molar-refractivity contribution in [3.05, 3.63) is 27.3 Å². The highest BCUT2D eigenvalue weighted by atomic mass is 127. The number of ether oxygens (including phenoxy) is 1. The number of aryl methyl sites for hydroxylation is 1. The minimum absolute atomic E-state index is 0.302. The van der Waals surface area contributed by atoms with Crippen molar-refractivity contribution in [2.24, 2.45) is 0 Å². The third kappa shape index (κ3) is 3.46. The van der Waals surface area contributed by atoms with Crippen LogP contribution in [0, 0.1) is 3.57 Å². The number of benzene rings is 1. The molecule has 0 amide bonds. The van der Waals surface area contributed by atoms with Gasteiger partial charge < -0.3 is 4.74 Å². The highest BCUT2D eigenvalue weighted by Gasteiger charge is 2.04. The summed E-state index contributed by atoms with van der Waals surface area (Å²) in [6.45, 7) is 0. The number of halogens is 2. The number of hydrogen-bond acceptors (Lipinski definition) is 2. The summed E-state index contributed by atoms with van der Waals surface area (Å²) in [4.78, 5) is 10.6. The summed E-state index contributed by atoms with van der Waals surface area (Å²) < 4.78 is 6.22. The van der Waals surface area contributed by atoms with Gasteiger partial charge in [-0.25, -0.2) is 0 Å². The van der Waals surface area contributed by atoms with Gasteiger partial charge in [-0.1, -0.05) is 0 Å². The molecule has 1 aromatic rings. The molecule has 4 heteroatoms. The molecular weight excluding hydrogens is 314 g/mol. The summed E-state index contributed by atoms with van der Waals surface area (Å²) in [6, 6.07) is 5.79. The zero-order valence-corrected chi connectivity index (χ0v) is 10.6. The summed E-state index contributed by atoms with van der Waals surface area (Å²) in [6.07, 6.45) is 1.03. The molecule has 0 aliphatic rings. The third-order valence-electron chi connectivity index (χ3n) is 1.84. The quantitative estimate of drug-likeness (QED) is 0.629. The van der Waals surface area contributed by atoms with Crippen LogP contribution in [-0.2, 0) is 11.2 Å². The number of rotatable bonds is 4. The first-order valence-electron chi connectivity index (χ1n) is 4.14. The van der Waals surface area contributed by atoms with Gasteiger partial charge in [-0.3, -0.25) is 4.79 Å². The lowest BCUT2D eigenvalue weighted by molar-refractivity contribution is -0.111. The molecule has 76 valence electrons. The minimum Gasteiger partial charge on any atom is -0.497 e. The molecule has 0 fully saturated rings. The lowest BCUT2D eigenvalue weighted by Crippen LogP contribution is -1.95. The summed E-state index contributed by atoms with van der Waals surface area (Å²) in [5.74, 6) is 0.808. The van der Waals surface area contributed by atoms with Crippen molar-refractivity contribution in [2.45, 2.75) is 12.8 Å². The second-order valence-electron chi connectivity index (χ2n) is 2.81. The van der Waals surface area contributed by atoms with Crippen molar-refractivity contribution < 1.29 is 9.53 Å². The van der Waals surface area contributed by atoms with E-state index < -0.39 is 0 Å². The maximum atomic E-state index is 10.6. The SMILES string of the molecule is COc1ccc(I)c(CCC(=O)Cl)c1. The predicted molar refractivity (Wildman–Crippen MR) is 64.9 cm³/mol. The fourth-order valence-electron chi connectivity index (χ4n) is 1.10. The fourth-order valence-corrected chi connectivity index (χ4v) is 1.80. The maximum Gasteiger partial charge on any atom is 0.221 e. The van der Waals surface area contributed by atoms with E-state index in [9.17, 15) is 4.79 Å². The first-order valence-corrected chi connectivity index (χ1v) is 5.60. The third-order valence-corrected chi connectivity index (χ3v) is 3.09. The van der Waals surface area contributed by atoms with Crippen LogP contribution in [0.5, 0.6) is 5.75 Å². The Bertz CT molecular complexity index is 339. The van der Waals surface area contributed by atoms with Crippen LogP contribution in [0.4, 0.5) is 0 Å². The molecule has 0 saturated carbocycles. The molecule has 0 saturated heterocycles. The Morgan fingerprint density at radius 3 is 2.86 bits per heavy atom. The molecule has 14 heavy (non-hydrogen) atoms.